The predicted octanol–water partition coefficient (Wildman–Crippen LogP) is 26.9. The minimum absolute atomic E-state index is 0. The molecule has 5 heterocycles. The third-order valence-corrected chi connectivity index (χ3v) is 22.9. The van der Waals surface area contributed by atoms with Gasteiger partial charge in [-0.1, -0.05) is 283 Å². The van der Waals surface area contributed by atoms with Gasteiger partial charge in [0.1, 0.15) is 73.1 Å². The van der Waals surface area contributed by atoms with Gasteiger partial charge in [-0.3, -0.25) is 0 Å². The van der Waals surface area contributed by atoms with Gasteiger partial charge in [0.15, 0.2) is 0 Å². The van der Waals surface area contributed by atoms with Crippen LogP contribution < -0.4 is 10.9 Å². The normalized spacial score (nSPS) is 11.3. The summed E-state index contributed by atoms with van der Waals surface area (Å²) in [5.74, 6) is -14.3. The number of hydrogen-bond donors (Lipinski definition) is 8. The van der Waals surface area contributed by atoms with E-state index in [0.29, 0.717) is 46.7 Å². The standard InChI is InChI=1S/C25H18O.C24H16O2.C12H9BO3.C12H11BO2.C12H7BrO2.C12H8O2.C4F10O2S.BFPS.BHNS.B/c1-17-15-25-23(21-9-5-6-10-24(21)26-25)16-22(17)20-13-11-19(12-14-20)18-7-3-2-4-8-18;25-22-15-24-21(19-8-4-5-9-23(19)26-24)14-20(22)18-12-10-17(11-13-18)16-6-2-1-3-7-16;14-13(15)8-5-6-10-9-3-1-2-4-11(9)16-12(10)7-8;14-13(15)12-8-6-11(7-9-12)10-4-2-1-3-5-10;13-9-5-8-7-3-1-2-4-11(7)15-12(8)6-10(9)14;13-8-5-6-10-9-3-1-2-4-11(9)14-12(10)7-8;5-1(6,3(9,10)11)2(7,8)4(12,13)17(14,15)16;2-1-3-4;1-2-3;/h2-16H,1H3;1-15,25H;1-7,14-15H;1-9,14-15H;1-6,14H;1-7,13H;;;3H;. The average molecular weight is 1990 g/mol. The van der Waals surface area contributed by atoms with Crippen LogP contribution in [0.3, 0.4) is 0 Å². The molecule has 5 radical (unpaired) electrons. The quantitative estimate of drug-likeness (QED) is 0.0197. The molecular formula is C101H70B5BrF11NO14PS3. The molecule has 16 aromatic carbocycles. The zero-order chi connectivity index (χ0) is 97.4. The van der Waals surface area contributed by atoms with E-state index in [0.717, 1.165) is 110 Å². The summed E-state index contributed by atoms with van der Waals surface area (Å²) in [6.45, 7) is 2.15. The second-order valence-corrected chi connectivity index (χ2v) is 33.3. The summed E-state index contributed by atoms with van der Waals surface area (Å²) >= 11 is 10.6. The summed E-state index contributed by atoms with van der Waals surface area (Å²) in [5, 5.41) is 68.8. The molecule has 15 nitrogen and oxygen atoms in total. The Labute approximate surface area is 799 Å². The number of halogens is 12. The van der Waals surface area contributed by atoms with Gasteiger partial charge in [0.05, 0.1) is 4.47 Å². The first-order chi connectivity index (χ1) is 65.0. The fourth-order valence-corrected chi connectivity index (χ4v) is 15.2. The number of hydrogen-bond acceptors (Lipinski definition) is 17. The number of rotatable bonds is 11. The summed E-state index contributed by atoms with van der Waals surface area (Å²) in [7, 11) is -5.48. The number of alkyl halides is 9. The van der Waals surface area contributed by atoms with Gasteiger partial charge in [0.25, 0.3) is 0 Å². The van der Waals surface area contributed by atoms with E-state index in [1.807, 2.05) is 212 Å². The van der Waals surface area contributed by atoms with E-state index in [2.05, 4.69) is 156 Å². The van der Waals surface area contributed by atoms with E-state index < -0.39 is 47.7 Å². The summed E-state index contributed by atoms with van der Waals surface area (Å²) in [6.07, 6.45) is -7.19. The molecule has 0 saturated carbocycles. The van der Waals surface area contributed by atoms with Crippen LogP contribution in [0, 0.1) is 6.92 Å². The summed E-state index contributed by atoms with van der Waals surface area (Å²) in [6, 6.07) is 117. The van der Waals surface area contributed by atoms with Crippen molar-refractivity contribution in [2.45, 2.75) is 30.2 Å². The molecule has 0 aliphatic heterocycles. The van der Waals surface area contributed by atoms with Crippen molar-refractivity contribution in [1.82, 2.24) is 0 Å². The number of phenolic OH excluding ortho intramolecular Hbond substituents is 3. The Morgan fingerprint density at radius 2 is 0.642 bits per heavy atom. The first-order valence-corrected chi connectivity index (χ1v) is 45.1. The molecule has 0 aliphatic carbocycles. The molecule has 21 aromatic rings. The molecule has 7 N–H and O–H groups in total. The Balaban J connectivity index is 0.000000144. The molecular weight excluding hydrogens is 1920 g/mol. The molecule has 0 fully saturated rings. The van der Waals surface area contributed by atoms with Crippen molar-refractivity contribution >= 4 is 216 Å². The van der Waals surface area contributed by atoms with Crippen LogP contribution in [0.15, 0.2) is 389 Å². The Kier molecular flexibility index (Phi) is 33.6. The van der Waals surface area contributed by atoms with E-state index >= 15 is 0 Å². The van der Waals surface area contributed by atoms with E-state index in [-0.39, 0.29) is 25.7 Å². The van der Waals surface area contributed by atoms with E-state index in [9.17, 15) is 71.5 Å². The summed E-state index contributed by atoms with van der Waals surface area (Å²) in [5.41, 5.74) is 21.5. The topological polar surface area (TPSA) is 254 Å². The number of nitrogens with zero attached hydrogens (tertiary/aromatic N) is 1. The summed E-state index contributed by atoms with van der Waals surface area (Å²) < 4.78 is 179. The van der Waals surface area contributed by atoms with Crippen LogP contribution in [0.25, 0.3) is 165 Å². The van der Waals surface area contributed by atoms with E-state index in [1.165, 1.54) is 44.2 Å². The minimum atomic E-state index is -7.67. The molecule has 0 aliphatic rings. The van der Waals surface area contributed by atoms with Crippen molar-refractivity contribution < 1.29 is 114 Å². The Morgan fingerprint density at radius 3 is 1.01 bits per heavy atom. The Hall–Kier alpha value is -13.6. The number of thiol groups is 1. The predicted molar refractivity (Wildman–Crippen MR) is 534 cm³/mol. The maximum absolute atomic E-state index is 12.1. The zero-order valence-electron chi connectivity index (χ0n) is 71.1. The molecule has 0 atom stereocenters. The number of aromatic hydroxyl groups is 3. The van der Waals surface area contributed by atoms with Crippen LogP contribution in [0.2, 0.25) is 0 Å². The molecule has 0 saturated heterocycles. The van der Waals surface area contributed by atoms with Gasteiger partial charge in [-0.15, -0.1) is 0 Å². The molecule has 0 spiro atoms. The van der Waals surface area contributed by atoms with E-state index in [1.54, 1.807) is 48.5 Å². The van der Waals surface area contributed by atoms with Crippen LogP contribution in [-0.4, -0.2) is 105 Å². The molecule has 685 valence electrons. The van der Waals surface area contributed by atoms with Crippen molar-refractivity contribution in [3.63, 3.8) is 0 Å². The van der Waals surface area contributed by atoms with Gasteiger partial charge >= 0.3 is 79.8 Å². The third-order valence-electron chi connectivity index (χ3n) is 21.1. The van der Waals surface area contributed by atoms with Gasteiger partial charge < -0.3 is 61.8 Å². The Bertz CT molecular complexity index is 7680. The molecule has 137 heavy (non-hydrogen) atoms. The molecule has 0 bridgehead atoms. The first-order valence-electron chi connectivity index (χ1n) is 40.5. The number of para-hydroxylation sites is 5. The molecule has 0 amide bonds. The number of aryl methyl sites for hydroxylation is 1. The second kappa shape index (κ2) is 44.9. The maximum atomic E-state index is 12.1. The van der Waals surface area contributed by atoms with Crippen molar-refractivity contribution in [3.05, 3.63) is 368 Å². The number of fused-ring (bicyclic) bond motifs is 15. The van der Waals surface area contributed by atoms with Crippen LogP contribution in [0.1, 0.15) is 5.56 Å². The molecule has 0 unspecified atom stereocenters. The third kappa shape index (κ3) is 23.6. The number of furan rings is 5. The van der Waals surface area contributed by atoms with Crippen molar-refractivity contribution in [2.24, 2.45) is 4.30 Å². The fourth-order valence-electron chi connectivity index (χ4n) is 14.5. The SMILES string of the molecule is Cc1cc2oc3ccccc3c2cc1-c1ccc(-c2ccccc2)cc1.F[B]P=S.O=S(=O)(F)C(F)(F)C(F)(F)C(F)(F)C(F)(F)F.OB(O)c1ccc(-c2ccccc2)cc1.OB(O)c1ccc2c(c1)oc1ccccc12.Oc1cc2oc3ccccc3c2cc1-c1ccc(-c2ccccc2)cc1.Oc1cc2oc3ccccc3c2cc1Br.Oc1ccc2c(c1)oc1ccccc12.[B].[B]=NS. The van der Waals surface area contributed by atoms with Crippen LogP contribution in [0.5, 0.6) is 17.2 Å². The van der Waals surface area contributed by atoms with Crippen molar-refractivity contribution in [1.29, 1.82) is 0 Å². The van der Waals surface area contributed by atoms with Crippen LogP contribution in [0.4, 0.5) is 47.7 Å². The van der Waals surface area contributed by atoms with E-state index in [4.69, 9.17) is 42.2 Å². The average Bonchev–Trinajstić information content (AvgIpc) is 1.54. The zero-order valence-corrected chi connectivity index (χ0v) is 76.1. The second-order valence-electron chi connectivity index (χ2n) is 29.8. The first kappa shape index (κ1) is 102. The van der Waals surface area contributed by atoms with Crippen molar-refractivity contribution in [3.8, 4) is 72.9 Å². The van der Waals surface area contributed by atoms with Gasteiger partial charge in [0, 0.05) is 86.0 Å². The van der Waals surface area contributed by atoms with Gasteiger partial charge in [-0.05, 0) is 169 Å². The van der Waals surface area contributed by atoms with Crippen molar-refractivity contribution in [2.75, 3.05) is 0 Å². The fraction of sp³-hybridized carbons (Fsp3) is 0.0495. The number of benzene rings is 16. The van der Waals surface area contributed by atoms with Gasteiger partial charge in [0.2, 0.25) is 0 Å². The van der Waals surface area contributed by atoms with Crippen LogP contribution >= 0.6 is 36.0 Å². The molecule has 36 heteroatoms. The molecule has 21 rings (SSSR count). The van der Waals surface area contributed by atoms with Gasteiger partial charge in [-0.25, -0.2) is 0 Å². The molecule has 5 aromatic heterocycles. The Morgan fingerprint density at radius 1 is 0.365 bits per heavy atom. The van der Waals surface area contributed by atoms with Crippen LogP contribution in [-0.2, 0) is 22.0 Å². The number of phenols is 3. The summed E-state index contributed by atoms with van der Waals surface area (Å²) in [4.78, 5) is 0. The van der Waals surface area contributed by atoms with Gasteiger partial charge in [-0.2, -0.15) is 47.9 Å². The monoisotopic (exact) mass is 1990 g/mol.